The lowest BCUT2D eigenvalue weighted by molar-refractivity contribution is -0.274. The first-order chi connectivity index (χ1) is 10.8. The summed E-state index contributed by atoms with van der Waals surface area (Å²) in [7, 11) is 3.81. The van der Waals surface area contributed by atoms with Crippen LogP contribution in [0.4, 0.5) is 13.2 Å². The Labute approximate surface area is 132 Å². The summed E-state index contributed by atoms with van der Waals surface area (Å²) in [6.07, 6.45) is -4.74. The molecule has 1 saturated heterocycles. The third-order valence-electron chi connectivity index (χ3n) is 3.40. The molecule has 0 saturated carbocycles. The van der Waals surface area contributed by atoms with Gasteiger partial charge in [-0.15, -0.1) is 13.2 Å². The van der Waals surface area contributed by atoms with Crippen molar-refractivity contribution in [3.05, 3.63) is 29.8 Å². The fourth-order valence-corrected chi connectivity index (χ4v) is 2.46. The number of halogens is 3. The van der Waals surface area contributed by atoms with Gasteiger partial charge in [-0.25, -0.2) is 0 Å². The summed E-state index contributed by atoms with van der Waals surface area (Å²) in [5, 5.41) is 0. The van der Waals surface area contributed by atoms with Gasteiger partial charge in [-0.05, 0) is 38.4 Å². The molecule has 0 N–H and O–H groups in total. The predicted molar refractivity (Wildman–Crippen MR) is 77.3 cm³/mol. The molecule has 0 aromatic heterocycles. The molecule has 1 aromatic carbocycles. The molecule has 0 bridgehead atoms. The zero-order valence-electron chi connectivity index (χ0n) is 13.0. The van der Waals surface area contributed by atoms with E-state index in [-0.39, 0.29) is 17.7 Å². The summed E-state index contributed by atoms with van der Waals surface area (Å²) in [4.78, 5) is 16.2. The molecule has 1 amide bonds. The monoisotopic (exact) mass is 332 g/mol. The molecule has 1 aromatic rings. The normalized spacial score (nSPS) is 19.0. The number of hydrogen-bond donors (Lipinski definition) is 0. The summed E-state index contributed by atoms with van der Waals surface area (Å²) in [5.74, 6) is -0.570. The lowest BCUT2D eigenvalue weighted by Crippen LogP contribution is -2.52. The van der Waals surface area contributed by atoms with Gasteiger partial charge in [0.1, 0.15) is 5.75 Å². The summed E-state index contributed by atoms with van der Waals surface area (Å²) in [6, 6.07) is 4.87. The number of ether oxygens (including phenoxy) is 2. The van der Waals surface area contributed by atoms with E-state index >= 15 is 0 Å². The molecule has 0 unspecified atom stereocenters. The Morgan fingerprint density at radius 2 is 2.00 bits per heavy atom. The fourth-order valence-electron chi connectivity index (χ4n) is 2.46. The van der Waals surface area contributed by atoms with Crippen LogP contribution in [0.2, 0.25) is 0 Å². The average Bonchev–Trinajstić information content (AvgIpc) is 2.45. The second kappa shape index (κ2) is 7.18. The molecule has 1 atom stereocenters. The molecule has 1 heterocycles. The number of rotatable bonds is 4. The minimum absolute atomic E-state index is 0.0858. The Hall–Kier alpha value is -1.80. The molecule has 1 fully saturated rings. The van der Waals surface area contributed by atoms with Crippen LogP contribution in [0.15, 0.2) is 24.3 Å². The van der Waals surface area contributed by atoms with Crippen LogP contribution in [0.3, 0.4) is 0 Å². The molecule has 0 radical (unpaired) electrons. The number of likely N-dealkylation sites (N-methyl/N-ethyl adjacent to an activating group) is 1. The number of amides is 1. The van der Waals surface area contributed by atoms with Crippen molar-refractivity contribution >= 4 is 5.91 Å². The first-order valence-electron chi connectivity index (χ1n) is 7.15. The smallest absolute Gasteiger partial charge is 0.406 e. The van der Waals surface area contributed by atoms with E-state index in [4.69, 9.17) is 4.74 Å². The molecule has 5 nitrogen and oxygen atoms in total. The zero-order chi connectivity index (χ0) is 17.0. The van der Waals surface area contributed by atoms with E-state index in [9.17, 15) is 18.0 Å². The number of hydrogen-bond acceptors (Lipinski definition) is 4. The molecule has 23 heavy (non-hydrogen) atoms. The lowest BCUT2D eigenvalue weighted by Gasteiger charge is -2.37. The van der Waals surface area contributed by atoms with Gasteiger partial charge in [0.05, 0.1) is 19.3 Å². The van der Waals surface area contributed by atoms with Crippen LogP contribution < -0.4 is 4.74 Å². The molecule has 1 aliphatic heterocycles. The second-order valence-electron chi connectivity index (χ2n) is 5.56. The Balaban J connectivity index is 2.09. The number of alkyl halides is 3. The molecule has 1 aliphatic rings. The van der Waals surface area contributed by atoms with Crippen molar-refractivity contribution in [3.8, 4) is 5.75 Å². The molecule has 0 aliphatic carbocycles. The van der Waals surface area contributed by atoms with Crippen LogP contribution in [0.1, 0.15) is 10.4 Å². The van der Waals surface area contributed by atoms with E-state index in [1.54, 1.807) is 4.90 Å². The van der Waals surface area contributed by atoms with Gasteiger partial charge in [0.2, 0.25) is 0 Å². The first-order valence-corrected chi connectivity index (χ1v) is 7.15. The van der Waals surface area contributed by atoms with Crippen molar-refractivity contribution in [1.82, 2.24) is 9.80 Å². The quantitative estimate of drug-likeness (QED) is 0.846. The Bertz CT molecular complexity index is 532. The van der Waals surface area contributed by atoms with Crippen LogP contribution in [0.5, 0.6) is 5.75 Å². The van der Waals surface area contributed by atoms with Crippen molar-refractivity contribution in [2.24, 2.45) is 0 Å². The van der Waals surface area contributed by atoms with Gasteiger partial charge in [0, 0.05) is 18.7 Å². The highest BCUT2D eigenvalue weighted by molar-refractivity contribution is 5.94. The largest absolute Gasteiger partial charge is 0.573 e. The standard InChI is InChI=1S/C15H19F3N2O3/c1-19(2)9-12-10-22-8-7-20(12)14(21)11-3-5-13(6-4-11)23-15(16,17)18/h3-6,12H,7-10H2,1-2H3/t12-/m0/s1. The van der Waals surface area contributed by atoms with E-state index in [2.05, 4.69) is 4.74 Å². The summed E-state index contributed by atoms with van der Waals surface area (Å²) < 4.78 is 45.7. The number of morpholine rings is 1. The Morgan fingerprint density at radius 1 is 1.35 bits per heavy atom. The minimum atomic E-state index is -4.74. The Kier molecular flexibility index (Phi) is 5.48. The minimum Gasteiger partial charge on any atom is -0.406 e. The third kappa shape index (κ3) is 5.11. The summed E-state index contributed by atoms with van der Waals surface area (Å²) in [5.41, 5.74) is 0.324. The summed E-state index contributed by atoms with van der Waals surface area (Å²) in [6.45, 7) is 2.00. The molecule has 128 valence electrons. The fraction of sp³-hybridized carbons (Fsp3) is 0.533. The highest BCUT2D eigenvalue weighted by Gasteiger charge is 2.31. The van der Waals surface area contributed by atoms with Gasteiger partial charge >= 0.3 is 6.36 Å². The van der Waals surface area contributed by atoms with Gasteiger partial charge in [0.25, 0.3) is 5.91 Å². The molecular weight excluding hydrogens is 313 g/mol. The van der Waals surface area contributed by atoms with E-state index in [0.717, 1.165) is 12.1 Å². The van der Waals surface area contributed by atoms with Gasteiger partial charge < -0.3 is 19.3 Å². The van der Waals surface area contributed by atoms with Crippen molar-refractivity contribution in [2.75, 3.05) is 40.4 Å². The zero-order valence-corrected chi connectivity index (χ0v) is 13.0. The van der Waals surface area contributed by atoms with Crippen LogP contribution in [-0.2, 0) is 4.74 Å². The van der Waals surface area contributed by atoms with Crippen molar-refractivity contribution in [2.45, 2.75) is 12.4 Å². The summed E-state index contributed by atoms with van der Waals surface area (Å²) >= 11 is 0. The van der Waals surface area contributed by atoms with Crippen molar-refractivity contribution < 1.29 is 27.4 Å². The van der Waals surface area contributed by atoms with E-state index < -0.39 is 6.36 Å². The number of nitrogens with zero attached hydrogens (tertiary/aromatic N) is 2. The predicted octanol–water partition coefficient (Wildman–Crippen LogP) is 1.99. The van der Waals surface area contributed by atoms with E-state index in [0.29, 0.717) is 31.9 Å². The van der Waals surface area contributed by atoms with Gasteiger partial charge in [-0.3, -0.25) is 4.79 Å². The first kappa shape index (κ1) is 17.6. The molecule has 0 spiro atoms. The lowest BCUT2D eigenvalue weighted by atomic mass is 10.1. The van der Waals surface area contributed by atoms with Crippen LogP contribution >= 0.6 is 0 Å². The number of carbonyl (C=O) groups is 1. The maximum Gasteiger partial charge on any atom is 0.573 e. The third-order valence-corrected chi connectivity index (χ3v) is 3.40. The van der Waals surface area contributed by atoms with Gasteiger partial charge in [-0.2, -0.15) is 0 Å². The topological polar surface area (TPSA) is 42.0 Å². The van der Waals surface area contributed by atoms with Crippen LogP contribution in [-0.4, -0.2) is 68.5 Å². The molecule has 2 rings (SSSR count). The molecular formula is C15H19F3N2O3. The molecule has 8 heteroatoms. The second-order valence-corrected chi connectivity index (χ2v) is 5.56. The highest BCUT2D eigenvalue weighted by Crippen LogP contribution is 2.23. The van der Waals surface area contributed by atoms with Crippen molar-refractivity contribution in [1.29, 1.82) is 0 Å². The average molecular weight is 332 g/mol. The van der Waals surface area contributed by atoms with Crippen LogP contribution in [0.25, 0.3) is 0 Å². The van der Waals surface area contributed by atoms with Gasteiger partial charge in [-0.1, -0.05) is 0 Å². The van der Waals surface area contributed by atoms with Gasteiger partial charge in [0.15, 0.2) is 0 Å². The van der Waals surface area contributed by atoms with E-state index in [1.807, 2.05) is 19.0 Å². The highest BCUT2D eigenvalue weighted by atomic mass is 19.4. The number of benzene rings is 1. The Morgan fingerprint density at radius 3 is 2.57 bits per heavy atom. The SMILES string of the molecule is CN(C)C[C@H]1COCCN1C(=O)c1ccc(OC(F)(F)F)cc1. The van der Waals surface area contributed by atoms with Crippen molar-refractivity contribution in [3.63, 3.8) is 0 Å². The van der Waals surface area contributed by atoms with Crippen LogP contribution in [0, 0.1) is 0 Å². The maximum absolute atomic E-state index is 12.6. The van der Waals surface area contributed by atoms with E-state index in [1.165, 1.54) is 12.1 Å². The number of carbonyl (C=O) groups excluding carboxylic acids is 1. The maximum atomic E-state index is 12.6.